The molecule has 0 saturated carbocycles. The highest BCUT2D eigenvalue weighted by molar-refractivity contribution is 7.18. The van der Waals surface area contributed by atoms with Crippen LogP contribution in [0.1, 0.15) is 5.56 Å². The lowest BCUT2D eigenvalue weighted by Gasteiger charge is -1.97. The summed E-state index contributed by atoms with van der Waals surface area (Å²) in [5.41, 5.74) is 0.720. The molecule has 1 aliphatic heterocycles. The Morgan fingerprint density at radius 3 is 2.36 bits per heavy atom. The standard InChI is InChI=1S/C16H8N6O5S/c23-14-13(11-3-1-2-4-12(11)17-14)18-16-20-19-15(28-16)8-5-9(21(24)25)7-10(6-8)22(26)27/h1-7H,(H,17,18,20,23). The minimum Gasteiger partial charge on any atom is -0.320 e. The van der Waals surface area contributed by atoms with Gasteiger partial charge >= 0.3 is 0 Å². The molecule has 0 atom stereocenters. The van der Waals surface area contributed by atoms with Crippen LogP contribution in [0.15, 0.2) is 47.5 Å². The second-order valence-electron chi connectivity index (χ2n) is 5.60. The first kappa shape index (κ1) is 17.4. The monoisotopic (exact) mass is 396 g/mol. The first-order chi connectivity index (χ1) is 13.4. The van der Waals surface area contributed by atoms with Gasteiger partial charge in [0.15, 0.2) is 0 Å². The van der Waals surface area contributed by atoms with Crippen molar-refractivity contribution >= 4 is 45.1 Å². The normalized spacial score (nSPS) is 14.0. The zero-order chi connectivity index (χ0) is 19.8. The van der Waals surface area contributed by atoms with Gasteiger partial charge in [0.05, 0.1) is 21.6 Å². The van der Waals surface area contributed by atoms with E-state index in [-0.39, 0.29) is 27.3 Å². The van der Waals surface area contributed by atoms with Crippen molar-refractivity contribution in [3.63, 3.8) is 0 Å². The maximum Gasteiger partial charge on any atom is 0.277 e. The molecule has 4 rings (SSSR count). The van der Waals surface area contributed by atoms with Gasteiger partial charge in [-0.05, 0) is 6.07 Å². The number of fused-ring (bicyclic) bond motifs is 1. The topological polar surface area (TPSA) is 154 Å². The van der Waals surface area contributed by atoms with Crippen LogP contribution in [0.3, 0.4) is 0 Å². The van der Waals surface area contributed by atoms with E-state index in [1.165, 1.54) is 12.1 Å². The lowest BCUT2D eigenvalue weighted by molar-refractivity contribution is -0.394. The maximum atomic E-state index is 12.1. The van der Waals surface area contributed by atoms with E-state index < -0.39 is 21.2 Å². The van der Waals surface area contributed by atoms with Crippen molar-refractivity contribution in [3.8, 4) is 10.6 Å². The van der Waals surface area contributed by atoms with Crippen LogP contribution in [-0.4, -0.2) is 31.7 Å². The Labute approximate surface area is 159 Å². The molecule has 1 aromatic heterocycles. The molecule has 0 bridgehead atoms. The highest BCUT2D eigenvalue weighted by Crippen LogP contribution is 2.34. The Balaban J connectivity index is 1.74. The third-order valence-electron chi connectivity index (χ3n) is 3.84. The van der Waals surface area contributed by atoms with E-state index in [0.717, 1.165) is 17.4 Å². The average Bonchev–Trinajstić information content (AvgIpc) is 3.26. The fourth-order valence-electron chi connectivity index (χ4n) is 2.62. The van der Waals surface area contributed by atoms with Crippen LogP contribution >= 0.6 is 11.3 Å². The van der Waals surface area contributed by atoms with Gasteiger partial charge in [0.1, 0.15) is 10.7 Å². The van der Waals surface area contributed by atoms with Crippen molar-refractivity contribution < 1.29 is 14.6 Å². The quantitative estimate of drug-likeness (QED) is 0.525. The molecule has 0 radical (unpaired) electrons. The molecule has 28 heavy (non-hydrogen) atoms. The van der Waals surface area contributed by atoms with Crippen LogP contribution in [0.5, 0.6) is 0 Å². The number of carbonyl (C=O) groups is 1. The van der Waals surface area contributed by atoms with Crippen LogP contribution in [0.4, 0.5) is 22.2 Å². The van der Waals surface area contributed by atoms with Gasteiger partial charge in [-0.1, -0.05) is 29.5 Å². The van der Waals surface area contributed by atoms with Crippen molar-refractivity contribution in [3.05, 3.63) is 68.3 Å². The third-order valence-corrected chi connectivity index (χ3v) is 4.70. The molecule has 0 unspecified atom stereocenters. The molecule has 11 nitrogen and oxygen atoms in total. The number of rotatable bonds is 4. The Morgan fingerprint density at radius 1 is 1.00 bits per heavy atom. The van der Waals surface area contributed by atoms with Gasteiger partial charge in [0.25, 0.3) is 17.3 Å². The Hall–Kier alpha value is -4.06. The minimum absolute atomic E-state index is 0.144. The van der Waals surface area contributed by atoms with E-state index in [1.807, 2.05) is 0 Å². The first-order valence-electron chi connectivity index (χ1n) is 7.69. The number of non-ortho nitro benzene ring substituents is 2. The number of hydrogen-bond acceptors (Lipinski definition) is 9. The molecular weight excluding hydrogens is 388 g/mol. The molecular formula is C16H8N6O5S. The lowest BCUT2D eigenvalue weighted by atomic mass is 10.1. The predicted octanol–water partition coefficient (Wildman–Crippen LogP) is 3.09. The van der Waals surface area contributed by atoms with Crippen LogP contribution in [0.25, 0.3) is 10.6 Å². The largest absolute Gasteiger partial charge is 0.320 e. The minimum atomic E-state index is -0.724. The summed E-state index contributed by atoms with van der Waals surface area (Å²) in [5, 5.41) is 32.9. The van der Waals surface area contributed by atoms with Crippen molar-refractivity contribution in [2.24, 2.45) is 4.99 Å². The second kappa shape index (κ2) is 6.59. The number of nitrogens with zero attached hydrogens (tertiary/aromatic N) is 5. The van der Waals surface area contributed by atoms with E-state index in [9.17, 15) is 25.0 Å². The molecule has 1 aliphatic rings. The van der Waals surface area contributed by atoms with Gasteiger partial charge in [0, 0.05) is 23.3 Å². The number of hydrogen-bond donors (Lipinski definition) is 1. The third kappa shape index (κ3) is 3.07. The number of aliphatic imine (C=N–C) groups is 1. The number of anilines is 1. The number of amides is 1. The van der Waals surface area contributed by atoms with Crippen LogP contribution in [0.2, 0.25) is 0 Å². The van der Waals surface area contributed by atoms with Crippen LogP contribution in [-0.2, 0) is 4.79 Å². The van der Waals surface area contributed by atoms with Crippen LogP contribution in [0, 0.1) is 20.2 Å². The highest BCUT2D eigenvalue weighted by Gasteiger charge is 2.26. The summed E-state index contributed by atoms with van der Waals surface area (Å²) < 4.78 is 0. The van der Waals surface area contributed by atoms with Gasteiger partial charge in [-0.2, -0.15) is 0 Å². The van der Waals surface area contributed by atoms with E-state index >= 15 is 0 Å². The molecule has 0 spiro atoms. The molecule has 0 fully saturated rings. The number of carbonyl (C=O) groups excluding carboxylic acids is 1. The zero-order valence-electron chi connectivity index (χ0n) is 13.7. The highest BCUT2D eigenvalue weighted by atomic mass is 32.1. The van der Waals surface area contributed by atoms with Crippen molar-refractivity contribution in [1.29, 1.82) is 0 Å². The molecule has 0 saturated heterocycles. The summed E-state index contributed by atoms with van der Waals surface area (Å²) in [5.74, 6) is -0.385. The summed E-state index contributed by atoms with van der Waals surface area (Å²) in [6.45, 7) is 0. The summed E-state index contributed by atoms with van der Waals surface area (Å²) in [7, 11) is 0. The molecule has 1 amide bonds. The number of nitrogens with one attached hydrogen (secondary N) is 1. The molecule has 3 aromatic rings. The Bertz CT molecular complexity index is 1160. The Kier molecular flexibility index (Phi) is 4.08. The van der Waals surface area contributed by atoms with E-state index in [4.69, 9.17) is 0 Å². The number of nitro benzene ring substituents is 2. The number of para-hydroxylation sites is 1. The summed E-state index contributed by atoms with van der Waals surface area (Å²) >= 11 is 0.955. The number of aromatic nitrogens is 2. The van der Waals surface area contributed by atoms with Gasteiger partial charge < -0.3 is 5.32 Å². The molecule has 2 aromatic carbocycles. The average molecular weight is 396 g/mol. The smallest absolute Gasteiger partial charge is 0.277 e. The second-order valence-corrected chi connectivity index (χ2v) is 6.56. The van der Waals surface area contributed by atoms with Gasteiger partial charge in [-0.15, -0.1) is 10.2 Å². The zero-order valence-corrected chi connectivity index (χ0v) is 14.5. The van der Waals surface area contributed by atoms with Crippen molar-refractivity contribution in [2.75, 3.05) is 5.32 Å². The number of nitro groups is 2. The predicted molar refractivity (Wildman–Crippen MR) is 99.9 cm³/mol. The summed E-state index contributed by atoms with van der Waals surface area (Å²) in [6.07, 6.45) is 0. The van der Waals surface area contributed by atoms with E-state index in [2.05, 4.69) is 20.5 Å². The summed E-state index contributed by atoms with van der Waals surface area (Å²) in [6, 6.07) is 10.2. The van der Waals surface area contributed by atoms with Crippen molar-refractivity contribution in [1.82, 2.24) is 10.2 Å². The van der Waals surface area contributed by atoms with Gasteiger partial charge in [-0.25, -0.2) is 4.99 Å². The maximum absolute atomic E-state index is 12.1. The molecule has 2 heterocycles. The SMILES string of the molecule is O=C1Nc2ccccc2C1=Nc1nnc(-c2cc([N+](=O)[O-])cc([N+](=O)[O-])c2)s1. The van der Waals surface area contributed by atoms with Gasteiger partial charge in [-0.3, -0.25) is 25.0 Å². The molecule has 138 valence electrons. The Morgan fingerprint density at radius 2 is 1.68 bits per heavy atom. The van der Waals surface area contributed by atoms with Crippen molar-refractivity contribution in [2.45, 2.75) is 0 Å². The molecule has 12 heteroatoms. The van der Waals surface area contributed by atoms with Gasteiger partial charge in [0.2, 0.25) is 5.13 Å². The number of benzene rings is 2. The van der Waals surface area contributed by atoms with E-state index in [0.29, 0.717) is 11.3 Å². The molecule has 1 N–H and O–H groups in total. The summed E-state index contributed by atoms with van der Waals surface area (Å²) in [4.78, 5) is 37.0. The lowest BCUT2D eigenvalue weighted by Crippen LogP contribution is -2.13. The molecule has 0 aliphatic carbocycles. The fourth-order valence-corrected chi connectivity index (χ4v) is 3.32. The van der Waals surface area contributed by atoms with E-state index in [1.54, 1.807) is 24.3 Å². The first-order valence-corrected chi connectivity index (χ1v) is 8.51. The fraction of sp³-hybridized carbons (Fsp3) is 0. The van der Waals surface area contributed by atoms with Crippen LogP contribution < -0.4 is 5.32 Å².